The molecule has 0 aliphatic rings. The van der Waals surface area contributed by atoms with E-state index in [1.807, 2.05) is 0 Å². The Morgan fingerprint density at radius 1 is 1.33 bits per heavy atom. The molecule has 8 heteroatoms. The molecule has 3 N–H and O–H groups in total. The Hall–Kier alpha value is -2.35. The molecule has 1 aromatic heterocycles. The molecule has 7 nitrogen and oxygen atoms in total. The summed E-state index contributed by atoms with van der Waals surface area (Å²) in [7, 11) is 0. The molecule has 2 aromatic rings. The quantitative estimate of drug-likeness (QED) is 0.490. The van der Waals surface area contributed by atoms with Gasteiger partial charge in [0.15, 0.2) is 11.4 Å². The van der Waals surface area contributed by atoms with Gasteiger partial charge in [-0.05, 0) is 40.5 Å². The molecule has 0 saturated carbocycles. The number of aromatic hydroxyl groups is 1. The van der Waals surface area contributed by atoms with Gasteiger partial charge in [-0.1, -0.05) is 13.3 Å². The topological polar surface area (TPSA) is 109 Å². The number of benzene rings is 1. The van der Waals surface area contributed by atoms with Crippen LogP contribution in [0.5, 0.6) is 11.5 Å². The van der Waals surface area contributed by atoms with E-state index in [2.05, 4.69) is 33.2 Å². The number of pyridine rings is 1. The van der Waals surface area contributed by atoms with Crippen LogP contribution in [0.4, 0.5) is 0 Å². The van der Waals surface area contributed by atoms with Gasteiger partial charge in [-0.3, -0.25) is 9.59 Å². The van der Waals surface area contributed by atoms with Crippen molar-refractivity contribution in [3.63, 3.8) is 0 Å². The number of aromatic nitrogens is 1. The number of carbonyl (C=O) groups is 2. The lowest BCUT2D eigenvalue weighted by Gasteiger charge is -2.11. The van der Waals surface area contributed by atoms with Gasteiger partial charge in [0.1, 0.15) is 16.9 Å². The number of nitrogens with zero attached hydrogens (tertiary/aromatic N) is 1. The maximum Gasteiger partial charge on any atom is 0.322 e. The molecule has 0 aliphatic heterocycles. The molecule has 1 amide bonds. The van der Waals surface area contributed by atoms with Crippen molar-refractivity contribution in [1.82, 2.24) is 10.3 Å². The van der Waals surface area contributed by atoms with Crippen LogP contribution in [0.15, 0.2) is 22.8 Å². The summed E-state index contributed by atoms with van der Waals surface area (Å²) in [6.45, 7) is 2.05. The number of carbonyl (C=O) groups excluding carboxylic acids is 1. The van der Waals surface area contributed by atoms with Crippen molar-refractivity contribution in [3.8, 4) is 11.5 Å². The third-order valence-corrected chi connectivity index (χ3v) is 3.89. The molecule has 128 valence electrons. The highest BCUT2D eigenvalue weighted by atomic mass is 79.9. The van der Waals surface area contributed by atoms with Crippen LogP contribution in [-0.4, -0.2) is 40.2 Å². The highest BCUT2D eigenvalue weighted by Gasteiger charge is 2.19. The van der Waals surface area contributed by atoms with Gasteiger partial charge in [-0.15, -0.1) is 0 Å². The molecular formula is C16H17BrN2O5. The molecule has 0 bridgehead atoms. The first kappa shape index (κ1) is 18.0. The van der Waals surface area contributed by atoms with Crippen LogP contribution in [0, 0.1) is 0 Å². The van der Waals surface area contributed by atoms with Crippen LogP contribution in [0.2, 0.25) is 0 Å². The second-order valence-electron chi connectivity index (χ2n) is 5.09. The summed E-state index contributed by atoms with van der Waals surface area (Å²) in [6.07, 6.45) is 1.91. The van der Waals surface area contributed by atoms with Crippen LogP contribution in [0.25, 0.3) is 10.8 Å². The fourth-order valence-corrected chi connectivity index (χ4v) is 2.58. The SMILES string of the molecule is CCCCOc1ccc2c(Br)nc(C(=O)NCC(=O)O)c(O)c2c1. The summed E-state index contributed by atoms with van der Waals surface area (Å²) in [6, 6.07) is 5.11. The smallest absolute Gasteiger partial charge is 0.322 e. The highest BCUT2D eigenvalue weighted by Crippen LogP contribution is 2.34. The number of hydrogen-bond acceptors (Lipinski definition) is 5. The first-order valence-corrected chi connectivity index (χ1v) is 8.18. The molecule has 2 rings (SSSR count). The van der Waals surface area contributed by atoms with E-state index >= 15 is 0 Å². The largest absolute Gasteiger partial charge is 0.505 e. The number of carboxylic acids is 1. The van der Waals surface area contributed by atoms with Crippen LogP contribution in [0.1, 0.15) is 30.3 Å². The van der Waals surface area contributed by atoms with E-state index in [0.29, 0.717) is 27.7 Å². The van der Waals surface area contributed by atoms with Crippen molar-refractivity contribution in [2.75, 3.05) is 13.2 Å². The molecule has 0 aliphatic carbocycles. The number of nitrogens with one attached hydrogen (secondary N) is 1. The van der Waals surface area contributed by atoms with Crippen LogP contribution in [-0.2, 0) is 4.79 Å². The normalized spacial score (nSPS) is 10.6. The molecule has 0 spiro atoms. The number of rotatable bonds is 7. The molecule has 0 unspecified atom stereocenters. The van der Waals surface area contributed by atoms with E-state index in [4.69, 9.17) is 9.84 Å². The van der Waals surface area contributed by atoms with E-state index in [-0.39, 0.29) is 11.4 Å². The summed E-state index contributed by atoms with van der Waals surface area (Å²) in [5.41, 5.74) is -0.249. The van der Waals surface area contributed by atoms with Gasteiger partial charge in [0.25, 0.3) is 5.91 Å². The third-order valence-electron chi connectivity index (χ3n) is 3.28. The monoisotopic (exact) mass is 396 g/mol. The molecule has 0 fully saturated rings. The van der Waals surface area contributed by atoms with Crippen molar-refractivity contribution >= 4 is 38.6 Å². The van der Waals surface area contributed by atoms with Gasteiger partial charge in [0.2, 0.25) is 0 Å². The molecule has 0 atom stereocenters. The average Bonchev–Trinajstić information content (AvgIpc) is 2.56. The van der Waals surface area contributed by atoms with E-state index in [1.54, 1.807) is 18.2 Å². The molecule has 0 saturated heterocycles. The molecule has 1 aromatic carbocycles. The summed E-state index contributed by atoms with van der Waals surface area (Å²) in [4.78, 5) is 26.6. The van der Waals surface area contributed by atoms with Gasteiger partial charge < -0.3 is 20.3 Å². The van der Waals surface area contributed by atoms with Crippen molar-refractivity contribution in [2.24, 2.45) is 0 Å². The summed E-state index contributed by atoms with van der Waals surface area (Å²) < 4.78 is 5.97. The van der Waals surface area contributed by atoms with Gasteiger partial charge in [0.05, 0.1) is 6.61 Å². The Bertz CT molecular complexity index is 779. The zero-order valence-corrected chi connectivity index (χ0v) is 14.6. The van der Waals surface area contributed by atoms with Crippen LogP contribution < -0.4 is 10.1 Å². The summed E-state index contributed by atoms with van der Waals surface area (Å²) in [5, 5.41) is 22.2. The number of unbranched alkanes of at least 4 members (excludes halogenated alkanes) is 1. The van der Waals surface area contributed by atoms with Crippen molar-refractivity contribution in [3.05, 3.63) is 28.5 Å². The standard InChI is InChI=1S/C16H17BrN2O5/c1-2-3-6-24-9-4-5-10-11(7-9)14(22)13(19-15(10)17)16(23)18-8-12(20)21/h4-5,7,22H,2-3,6,8H2,1H3,(H,18,23)(H,20,21). The number of amides is 1. The number of carboxylic acid groups (broad SMARTS) is 1. The van der Waals surface area contributed by atoms with Gasteiger partial charge in [-0.2, -0.15) is 0 Å². The lowest BCUT2D eigenvalue weighted by molar-refractivity contribution is -0.135. The number of aliphatic carboxylic acids is 1. The molecule has 24 heavy (non-hydrogen) atoms. The van der Waals surface area contributed by atoms with E-state index in [0.717, 1.165) is 12.8 Å². The fraction of sp³-hybridized carbons (Fsp3) is 0.312. The Kier molecular flexibility index (Phi) is 5.97. The third kappa shape index (κ3) is 4.14. The summed E-state index contributed by atoms with van der Waals surface area (Å²) >= 11 is 3.26. The number of fused-ring (bicyclic) bond motifs is 1. The highest BCUT2D eigenvalue weighted by molar-refractivity contribution is 9.10. The Balaban J connectivity index is 2.38. The minimum Gasteiger partial charge on any atom is -0.505 e. The lowest BCUT2D eigenvalue weighted by Crippen LogP contribution is -2.30. The second kappa shape index (κ2) is 7.96. The van der Waals surface area contributed by atoms with Crippen LogP contribution >= 0.6 is 15.9 Å². The first-order chi connectivity index (χ1) is 11.4. The molecular weight excluding hydrogens is 380 g/mol. The van der Waals surface area contributed by atoms with Crippen molar-refractivity contribution in [1.29, 1.82) is 0 Å². The van der Waals surface area contributed by atoms with Gasteiger partial charge in [-0.25, -0.2) is 4.98 Å². The van der Waals surface area contributed by atoms with Gasteiger partial charge >= 0.3 is 5.97 Å². The van der Waals surface area contributed by atoms with E-state index < -0.39 is 18.4 Å². The zero-order chi connectivity index (χ0) is 17.7. The molecule has 1 heterocycles. The van der Waals surface area contributed by atoms with Crippen molar-refractivity contribution in [2.45, 2.75) is 19.8 Å². The predicted octanol–water partition coefficient (Wildman–Crippen LogP) is 2.70. The number of hydrogen-bond donors (Lipinski definition) is 3. The lowest BCUT2D eigenvalue weighted by atomic mass is 10.1. The van der Waals surface area contributed by atoms with Gasteiger partial charge in [0, 0.05) is 10.8 Å². The Labute approximate surface area is 146 Å². The minimum atomic E-state index is -1.19. The van der Waals surface area contributed by atoms with Crippen LogP contribution in [0.3, 0.4) is 0 Å². The zero-order valence-electron chi connectivity index (χ0n) is 13.0. The predicted molar refractivity (Wildman–Crippen MR) is 91.5 cm³/mol. The molecule has 0 radical (unpaired) electrons. The van der Waals surface area contributed by atoms with Crippen molar-refractivity contribution < 1.29 is 24.5 Å². The summed E-state index contributed by atoms with van der Waals surface area (Å²) in [5.74, 6) is -1.71. The number of halogens is 1. The van der Waals surface area contributed by atoms with E-state index in [1.165, 1.54) is 0 Å². The Morgan fingerprint density at radius 2 is 2.08 bits per heavy atom. The number of ether oxygens (including phenoxy) is 1. The van der Waals surface area contributed by atoms with E-state index in [9.17, 15) is 14.7 Å². The first-order valence-electron chi connectivity index (χ1n) is 7.39. The minimum absolute atomic E-state index is 0.249. The fourth-order valence-electron chi connectivity index (χ4n) is 2.06. The maximum absolute atomic E-state index is 12.0. The maximum atomic E-state index is 12.0. The average molecular weight is 397 g/mol. The second-order valence-corrected chi connectivity index (χ2v) is 5.84. The Morgan fingerprint density at radius 3 is 2.75 bits per heavy atom.